The van der Waals surface area contributed by atoms with Gasteiger partial charge in [0.2, 0.25) is 0 Å². The second-order valence-corrected chi connectivity index (χ2v) is 3.92. The summed E-state index contributed by atoms with van der Waals surface area (Å²) in [7, 11) is 1.18. The van der Waals surface area contributed by atoms with Crippen LogP contribution in [0.4, 0.5) is 17.6 Å². The molecule has 0 aliphatic carbocycles. The molecule has 0 saturated carbocycles. The van der Waals surface area contributed by atoms with Gasteiger partial charge in [-0.15, -0.1) is 0 Å². The average molecular weight is 270 g/mol. The first-order chi connectivity index (χ1) is 8.91. The quantitative estimate of drug-likeness (QED) is 0.729. The third-order valence-corrected chi connectivity index (χ3v) is 2.68. The minimum atomic E-state index is -4.47. The Balaban J connectivity index is 2.47. The van der Waals surface area contributed by atoms with E-state index in [4.69, 9.17) is 4.74 Å². The maximum absolute atomic E-state index is 12.8. The minimum Gasteiger partial charge on any atom is -0.496 e. The Labute approximate surface area is 107 Å². The topological polar surface area (TPSA) is 9.23 Å². The van der Waals surface area contributed by atoms with Gasteiger partial charge in [-0.25, -0.2) is 4.39 Å². The van der Waals surface area contributed by atoms with Gasteiger partial charge in [-0.05, 0) is 35.4 Å². The number of halogens is 4. The maximum atomic E-state index is 12.8. The highest BCUT2D eigenvalue weighted by atomic mass is 19.4. The fourth-order valence-electron chi connectivity index (χ4n) is 1.75. The highest BCUT2D eigenvalue weighted by molar-refractivity contribution is 5.66. The van der Waals surface area contributed by atoms with Crippen molar-refractivity contribution in [3.8, 4) is 16.9 Å². The summed E-state index contributed by atoms with van der Waals surface area (Å²) >= 11 is 0. The lowest BCUT2D eigenvalue weighted by Gasteiger charge is -2.13. The van der Waals surface area contributed by atoms with Gasteiger partial charge in [0.1, 0.15) is 11.6 Å². The second-order valence-electron chi connectivity index (χ2n) is 3.92. The van der Waals surface area contributed by atoms with Crippen molar-refractivity contribution < 1.29 is 22.3 Å². The Morgan fingerprint density at radius 1 is 0.895 bits per heavy atom. The molecule has 1 nitrogen and oxygen atoms in total. The van der Waals surface area contributed by atoms with Crippen molar-refractivity contribution in [3.63, 3.8) is 0 Å². The van der Waals surface area contributed by atoms with Crippen LogP contribution in [0.3, 0.4) is 0 Å². The molecule has 0 amide bonds. The Kier molecular flexibility index (Phi) is 3.46. The highest BCUT2D eigenvalue weighted by Crippen LogP contribution is 2.38. The third kappa shape index (κ3) is 2.86. The molecule has 0 heterocycles. The molecule has 0 atom stereocenters. The van der Waals surface area contributed by atoms with Crippen LogP contribution in [-0.2, 0) is 6.18 Å². The van der Waals surface area contributed by atoms with Crippen LogP contribution >= 0.6 is 0 Å². The fourth-order valence-corrected chi connectivity index (χ4v) is 1.75. The molecule has 0 spiro atoms. The van der Waals surface area contributed by atoms with Crippen LogP contribution in [0.2, 0.25) is 0 Å². The molecule has 2 aromatic rings. The summed E-state index contributed by atoms with van der Waals surface area (Å²) in [6.07, 6.45) is -4.47. The largest absolute Gasteiger partial charge is 0.496 e. The van der Waals surface area contributed by atoms with Crippen molar-refractivity contribution in [2.75, 3.05) is 7.11 Å². The lowest BCUT2D eigenvalue weighted by atomic mass is 10.0. The summed E-state index contributed by atoms with van der Waals surface area (Å²) in [5.74, 6) is -0.656. The van der Waals surface area contributed by atoms with Gasteiger partial charge in [-0.2, -0.15) is 13.2 Å². The van der Waals surface area contributed by atoms with Crippen molar-refractivity contribution in [2.24, 2.45) is 0 Å². The van der Waals surface area contributed by atoms with Crippen molar-refractivity contribution in [1.29, 1.82) is 0 Å². The number of methoxy groups -OCH3 is 1. The third-order valence-electron chi connectivity index (χ3n) is 2.68. The van der Waals surface area contributed by atoms with E-state index in [2.05, 4.69) is 0 Å². The number of hydrogen-bond donors (Lipinski definition) is 0. The van der Waals surface area contributed by atoms with Gasteiger partial charge >= 0.3 is 6.18 Å². The normalized spacial score (nSPS) is 11.4. The Bertz CT molecular complexity index is 573. The zero-order valence-corrected chi connectivity index (χ0v) is 9.96. The average Bonchev–Trinajstić information content (AvgIpc) is 2.38. The molecule has 100 valence electrons. The van der Waals surface area contributed by atoms with Crippen molar-refractivity contribution in [2.45, 2.75) is 6.18 Å². The molecule has 0 bridgehead atoms. The minimum absolute atomic E-state index is 0.255. The number of hydrogen-bond acceptors (Lipinski definition) is 1. The monoisotopic (exact) mass is 270 g/mol. The van der Waals surface area contributed by atoms with Crippen LogP contribution in [0.1, 0.15) is 5.56 Å². The van der Waals surface area contributed by atoms with Gasteiger partial charge in [-0.3, -0.25) is 0 Å². The molecular weight excluding hydrogens is 260 g/mol. The SMILES string of the molecule is COc1cc(-c2ccc(F)cc2)ccc1C(F)(F)F. The van der Waals surface area contributed by atoms with E-state index in [0.29, 0.717) is 11.1 Å². The number of alkyl halides is 3. The standard InChI is InChI=1S/C14H10F4O/c1-19-13-8-10(4-7-12(13)14(16,17)18)9-2-5-11(15)6-3-9/h2-8H,1H3. The van der Waals surface area contributed by atoms with Gasteiger partial charge in [-0.1, -0.05) is 18.2 Å². The lowest BCUT2D eigenvalue weighted by Crippen LogP contribution is -2.07. The number of ether oxygens (including phenoxy) is 1. The van der Waals surface area contributed by atoms with Gasteiger partial charge in [0.25, 0.3) is 0 Å². The highest BCUT2D eigenvalue weighted by Gasteiger charge is 2.34. The van der Waals surface area contributed by atoms with Gasteiger partial charge < -0.3 is 4.74 Å². The van der Waals surface area contributed by atoms with Crippen LogP contribution in [0.15, 0.2) is 42.5 Å². The first-order valence-electron chi connectivity index (χ1n) is 5.43. The zero-order valence-electron chi connectivity index (χ0n) is 9.96. The van der Waals surface area contributed by atoms with E-state index >= 15 is 0 Å². The summed E-state index contributed by atoms with van der Waals surface area (Å²) in [5, 5.41) is 0. The summed E-state index contributed by atoms with van der Waals surface area (Å²) in [4.78, 5) is 0. The molecule has 2 aromatic carbocycles. The van der Waals surface area contributed by atoms with Gasteiger partial charge in [0.15, 0.2) is 0 Å². The predicted octanol–water partition coefficient (Wildman–Crippen LogP) is 4.52. The molecule has 0 saturated heterocycles. The van der Waals surface area contributed by atoms with E-state index in [1.54, 1.807) is 0 Å². The lowest BCUT2D eigenvalue weighted by molar-refractivity contribution is -0.138. The molecule has 0 fully saturated rings. The van der Waals surface area contributed by atoms with E-state index in [9.17, 15) is 17.6 Å². The second kappa shape index (κ2) is 4.91. The number of rotatable bonds is 2. The van der Waals surface area contributed by atoms with E-state index in [1.165, 1.54) is 43.5 Å². The van der Waals surface area contributed by atoms with Gasteiger partial charge in [0, 0.05) is 0 Å². The first kappa shape index (κ1) is 13.4. The summed E-state index contributed by atoms with van der Waals surface area (Å²) in [6, 6.07) is 9.07. The van der Waals surface area contributed by atoms with Crippen LogP contribution in [0.5, 0.6) is 5.75 Å². The van der Waals surface area contributed by atoms with E-state index in [0.717, 1.165) is 6.07 Å². The van der Waals surface area contributed by atoms with E-state index < -0.39 is 17.6 Å². The molecule has 2 rings (SSSR count). The van der Waals surface area contributed by atoms with Crippen LogP contribution in [-0.4, -0.2) is 7.11 Å². The molecule has 0 radical (unpaired) electrons. The summed E-state index contributed by atoms with van der Waals surface area (Å²) in [6.45, 7) is 0. The fraction of sp³-hybridized carbons (Fsp3) is 0.143. The van der Waals surface area contributed by atoms with Crippen LogP contribution in [0, 0.1) is 5.82 Å². The zero-order chi connectivity index (χ0) is 14.0. The summed E-state index contributed by atoms with van der Waals surface area (Å²) < 4.78 is 55.6. The van der Waals surface area contributed by atoms with Crippen molar-refractivity contribution in [1.82, 2.24) is 0 Å². The van der Waals surface area contributed by atoms with Crippen LogP contribution < -0.4 is 4.74 Å². The van der Waals surface area contributed by atoms with Gasteiger partial charge in [0.05, 0.1) is 12.7 Å². The Hall–Kier alpha value is -2.04. The van der Waals surface area contributed by atoms with E-state index in [-0.39, 0.29) is 5.75 Å². The maximum Gasteiger partial charge on any atom is 0.419 e. The van der Waals surface area contributed by atoms with E-state index in [1.807, 2.05) is 0 Å². The molecule has 5 heteroatoms. The smallest absolute Gasteiger partial charge is 0.419 e. The Morgan fingerprint density at radius 3 is 2.00 bits per heavy atom. The molecule has 19 heavy (non-hydrogen) atoms. The molecular formula is C14H10F4O. The Morgan fingerprint density at radius 2 is 1.47 bits per heavy atom. The summed E-state index contributed by atoms with van der Waals surface area (Å²) in [5.41, 5.74) is 0.319. The van der Waals surface area contributed by atoms with Crippen molar-refractivity contribution in [3.05, 3.63) is 53.8 Å². The predicted molar refractivity (Wildman–Crippen MR) is 63.4 cm³/mol. The van der Waals surface area contributed by atoms with Crippen LogP contribution in [0.25, 0.3) is 11.1 Å². The molecule has 0 unspecified atom stereocenters. The molecule has 0 N–H and O–H groups in total. The first-order valence-corrected chi connectivity index (χ1v) is 5.43. The molecule has 0 aliphatic rings. The van der Waals surface area contributed by atoms with Crippen molar-refractivity contribution >= 4 is 0 Å². The number of benzene rings is 2. The molecule has 0 aliphatic heterocycles. The molecule has 0 aromatic heterocycles.